The van der Waals surface area contributed by atoms with E-state index in [2.05, 4.69) is 5.32 Å². The number of carbonyl (C=O) groups is 1. The first-order chi connectivity index (χ1) is 12.3. The molecule has 1 aliphatic rings. The maximum atomic E-state index is 13.0. The highest BCUT2D eigenvalue weighted by atomic mass is 35.5. The number of nitrogens with one attached hydrogen (secondary N) is 1. The van der Waals surface area contributed by atoms with Crippen molar-refractivity contribution in [3.63, 3.8) is 0 Å². The van der Waals surface area contributed by atoms with Gasteiger partial charge in [-0.15, -0.1) is 11.3 Å². The van der Waals surface area contributed by atoms with Crippen LogP contribution in [0.2, 0.25) is 4.34 Å². The molecule has 0 unspecified atom stereocenters. The Bertz CT molecular complexity index is 904. The normalized spacial score (nSPS) is 18.7. The summed E-state index contributed by atoms with van der Waals surface area (Å²) in [5, 5.41) is 2.88. The molecule has 1 fully saturated rings. The molecule has 1 aromatic carbocycles. The van der Waals surface area contributed by atoms with Gasteiger partial charge in [-0.1, -0.05) is 24.1 Å². The van der Waals surface area contributed by atoms with Crippen LogP contribution in [0.15, 0.2) is 34.5 Å². The highest BCUT2D eigenvalue weighted by Crippen LogP contribution is 2.32. The summed E-state index contributed by atoms with van der Waals surface area (Å²) in [6, 6.07) is 8.13. The van der Waals surface area contributed by atoms with E-state index in [1.54, 1.807) is 6.07 Å². The Morgan fingerprint density at radius 1 is 1.19 bits per heavy atom. The summed E-state index contributed by atoms with van der Waals surface area (Å²) < 4.78 is 27.9. The maximum absolute atomic E-state index is 13.0. The molecular weight excluding hydrogens is 392 g/mol. The average Bonchev–Trinajstić information content (AvgIpc) is 3.01. The smallest absolute Gasteiger partial charge is 0.253 e. The summed E-state index contributed by atoms with van der Waals surface area (Å²) in [6.07, 6.45) is 2.07. The molecule has 5 nitrogen and oxygen atoms in total. The zero-order valence-corrected chi connectivity index (χ0v) is 17.0. The monoisotopic (exact) mass is 412 g/mol. The molecule has 3 rings (SSSR count). The molecular formula is C18H21ClN2O3S2. The molecule has 0 saturated carbocycles. The summed E-state index contributed by atoms with van der Waals surface area (Å²) in [5.74, 6) is -0.291. The molecule has 2 aromatic rings. The average molecular weight is 413 g/mol. The van der Waals surface area contributed by atoms with Gasteiger partial charge in [-0.25, -0.2) is 8.42 Å². The predicted molar refractivity (Wildman–Crippen MR) is 105 cm³/mol. The first-order valence-electron chi connectivity index (χ1n) is 8.44. The number of amides is 1. The molecule has 0 spiro atoms. The number of halogens is 1. The Hall–Kier alpha value is -1.41. The number of sulfonamides is 1. The van der Waals surface area contributed by atoms with E-state index in [1.807, 2.05) is 32.0 Å². The van der Waals surface area contributed by atoms with Crippen molar-refractivity contribution in [1.82, 2.24) is 4.31 Å². The predicted octanol–water partition coefficient (Wildman–Crippen LogP) is 4.20. The molecule has 2 heterocycles. The molecule has 1 N–H and O–H groups in total. The quantitative estimate of drug-likeness (QED) is 0.818. The van der Waals surface area contributed by atoms with Crippen LogP contribution in [0, 0.1) is 13.8 Å². The topological polar surface area (TPSA) is 66.5 Å². The fraction of sp³-hybridized carbons (Fsp3) is 0.389. The van der Waals surface area contributed by atoms with E-state index < -0.39 is 16.1 Å². The van der Waals surface area contributed by atoms with E-state index in [0.29, 0.717) is 23.0 Å². The number of nitrogens with zero attached hydrogens (tertiary/aromatic N) is 1. The summed E-state index contributed by atoms with van der Waals surface area (Å²) in [5.41, 5.74) is 2.78. The van der Waals surface area contributed by atoms with Gasteiger partial charge in [-0.05, 0) is 62.1 Å². The highest BCUT2D eigenvalue weighted by molar-refractivity contribution is 7.91. The number of hydrogen-bond acceptors (Lipinski definition) is 4. The first kappa shape index (κ1) is 19.4. The Labute approximate surface area is 163 Å². The standard InChI is InChI=1S/C18H21ClN2O3S2/c1-12-9-13(2)11-14(10-12)20-18(22)15-5-3-4-8-21(15)26(23,24)17-7-6-16(19)25-17/h6-7,9-11,15H,3-5,8H2,1-2H3,(H,20,22)/t15-/m0/s1. The van der Waals surface area contributed by atoms with E-state index in [1.165, 1.54) is 10.4 Å². The van der Waals surface area contributed by atoms with Crippen LogP contribution in [0.5, 0.6) is 0 Å². The van der Waals surface area contributed by atoms with Crippen molar-refractivity contribution in [3.05, 3.63) is 45.8 Å². The van der Waals surface area contributed by atoms with E-state index in [0.717, 1.165) is 35.3 Å². The first-order valence-corrected chi connectivity index (χ1v) is 11.1. The molecule has 0 bridgehead atoms. The number of thiophene rings is 1. The number of aryl methyl sites for hydroxylation is 2. The third kappa shape index (κ3) is 4.11. The van der Waals surface area contributed by atoms with Crippen molar-refractivity contribution in [2.24, 2.45) is 0 Å². The molecule has 1 atom stereocenters. The van der Waals surface area contributed by atoms with Gasteiger partial charge < -0.3 is 5.32 Å². The van der Waals surface area contributed by atoms with Crippen LogP contribution < -0.4 is 5.32 Å². The van der Waals surface area contributed by atoms with Gasteiger partial charge in [-0.2, -0.15) is 4.31 Å². The van der Waals surface area contributed by atoms with Crippen molar-refractivity contribution in [1.29, 1.82) is 0 Å². The number of piperidine rings is 1. The van der Waals surface area contributed by atoms with Gasteiger partial charge in [0.05, 0.1) is 4.34 Å². The van der Waals surface area contributed by atoms with Crippen LogP contribution in [-0.4, -0.2) is 31.2 Å². The van der Waals surface area contributed by atoms with E-state index >= 15 is 0 Å². The molecule has 1 amide bonds. The third-order valence-corrected chi connectivity index (χ3v) is 7.96. The molecule has 1 aromatic heterocycles. The van der Waals surface area contributed by atoms with E-state index in [4.69, 9.17) is 11.6 Å². The SMILES string of the molecule is Cc1cc(C)cc(NC(=O)[C@@H]2CCCCN2S(=O)(=O)c2ccc(Cl)s2)c1. The van der Waals surface area contributed by atoms with Gasteiger partial charge in [0, 0.05) is 12.2 Å². The van der Waals surface area contributed by atoms with Crippen molar-refractivity contribution >= 4 is 44.6 Å². The highest BCUT2D eigenvalue weighted by Gasteiger charge is 2.38. The second-order valence-corrected chi connectivity index (χ2v) is 10.4. The van der Waals surface area contributed by atoms with Crippen LogP contribution in [0.4, 0.5) is 5.69 Å². The fourth-order valence-corrected chi connectivity index (χ4v) is 6.55. The Kier molecular flexibility index (Phi) is 5.72. The number of anilines is 1. The summed E-state index contributed by atoms with van der Waals surface area (Å²) in [4.78, 5) is 12.8. The van der Waals surface area contributed by atoms with Crippen molar-refractivity contribution in [3.8, 4) is 0 Å². The van der Waals surface area contributed by atoms with Crippen molar-refractivity contribution in [2.45, 2.75) is 43.4 Å². The van der Waals surface area contributed by atoms with Gasteiger partial charge in [0.1, 0.15) is 10.3 Å². The molecule has 0 aliphatic carbocycles. The zero-order chi connectivity index (χ0) is 18.9. The van der Waals surface area contributed by atoms with Gasteiger partial charge in [-0.3, -0.25) is 4.79 Å². The van der Waals surface area contributed by atoms with Crippen LogP contribution in [0.3, 0.4) is 0 Å². The van der Waals surface area contributed by atoms with Gasteiger partial charge in [0.2, 0.25) is 5.91 Å². The minimum absolute atomic E-state index is 0.175. The lowest BCUT2D eigenvalue weighted by atomic mass is 10.0. The molecule has 1 saturated heterocycles. The van der Waals surface area contributed by atoms with Gasteiger partial charge >= 0.3 is 0 Å². The summed E-state index contributed by atoms with van der Waals surface area (Å²) >= 11 is 6.91. The second kappa shape index (κ2) is 7.68. The molecule has 0 radical (unpaired) electrons. The van der Waals surface area contributed by atoms with E-state index in [9.17, 15) is 13.2 Å². The minimum Gasteiger partial charge on any atom is -0.325 e. The Morgan fingerprint density at radius 2 is 1.88 bits per heavy atom. The largest absolute Gasteiger partial charge is 0.325 e. The number of hydrogen-bond donors (Lipinski definition) is 1. The lowest BCUT2D eigenvalue weighted by Crippen LogP contribution is -2.49. The minimum atomic E-state index is -3.74. The summed E-state index contributed by atoms with van der Waals surface area (Å²) in [6.45, 7) is 4.25. The molecule has 8 heteroatoms. The lowest BCUT2D eigenvalue weighted by Gasteiger charge is -2.33. The summed E-state index contributed by atoms with van der Waals surface area (Å²) in [7, 11) is -3.74. The molecule has 140 valence electrons. The third-order valence-electron chi connectivity index (χ3n) is 4.36. The van der Waals surface area contributed by atoms with Crippen LogP contribution in [0.1, 0.15) is 30.4 Å². The van der Waals surface area contributed by atoms with Gasteiger partial charge in [0.25, 0.3) is 10.0 Å². The van der Waals surface area contributed by atoms with Gasteiger partial charge in [0.15, 0.2) is 0 Å². The van der Waals surface area contributed by atoms with Crippen LogP contribution in [-0.2, 0) is 14.8 Å². The second-order valence-electron chi connectivity index (χ2n) is 6.55. The molecule has 26 heavy (non-hydrogen) atoms. The zero-order valence-electron chi connectivity index (χ0n) is 14.7. The van der Waals surface area contributed by atoms with Crippen LogP contribution >= 0.6 is 22.9 Å². The number of rotatable bonds is 4. The van der Waals surface area contributed by atoms with Crippen LogP contribution in [0.25, 0.3) is 0 Å². The van der Waals surface area contributed by atoms with Crippen molar-refractivity contribution in [2.75, 3.05) is 11.9 Å². The Balaban J connectivity index is 1.85. The van der Waals surface area contributed by atoms with E-state index in [-0.39, 0.29) is 10.1 Å². The fourth-order valence-electron chi connectivity index (χ4n) is 3.28. The lowest BCUT2D eigenvalue weighted by molar-refractivity contribution is -0.120. The Morgan fingerprint density at radius 3 is 2.50 bits per heavy atom. The van der Waals surface area contributed by atoms with Crippen molar-refractivity contribution < 1.29 is 13.2 Å². The number of benzene rings is 1. The maximum Gasteiger partial charge on any atom is 0.253 e. The molecule has 1 aliphatic heterocycles. The number of carbonyl (C=O) groups excluding carboxylic acids is 1.